The van der Waals surface area contributed by atoms with Crippen molar-refractivity contribution in [3.05, 3.63) is 141 Å². The van der Waals surface area contributed by atoms with E-state index in [0.29, 0.717) is 34.2 Å². The molecule has 0 unspecified atom stereocenters. The van der Waals surface area contributed by atoms with Gasteiger partial charge in [-0.2, -0.15) is 0 Å². The van der Waals surface area contributed by atoms with E-state index in [1.807, 2.05) is 74.5 Å². The fraction of sp³-hybridized carbons (Fsp3) is 0.189. The van der Waals surface area contributed by atoms with E-state index in [-0.39, 0.29) is 18.6 Å². The van der Waals surface area contributed by atoms with Gasteiger partial charge in [-0.05, 0) is 64.1 Å². The highest BCUT2D eigenvalue weighted by Gasteiger charge is 2.24. The predicted octanol–water partition coefficient (Wildman–Crippen LogP) is 9.44. The molecule has 0 saturated carbocycles. The quantitative estimate of drug-likeness (QED) is 0.216. The van der Waals surface area contributed by atoms with Crippen molar-refractivity contribution in [3.8, 4) is 0 Å². The number of benzene rings is 5. The van der Waals surface area contributed by atoms with Gasteiger partial charge in [0.05, 0.1) is 5.52 Å². The van der Waals surface area contributed by atoms with Gasteiger partial charge in [0.2, 0.25) is 0 Å². The molecular formula is C37H37NO2. The first-order chi connectivity index (χ1) is 19.0. The van der Waals surface area contributed by atoms with Gasteiger partial charge in [-0.3, -0.25) is 9.59 Å². The van der Waals surface area contributed by atoms with Crippen LogP contribution < -0.4 is 5.43 Å². The SMILES string of the molecule is C.CC.CC(C)c1cccc2ccccc12.O=C1c2ccccc2Cc2cc3c(=O)c4ccccc4[nH]c3cc21. The summed E-state index contributed by atoms with van der Waals surface area (Å²) >= 11 is 0. The number of rotatable bonds is 1. The van der Waals surface area contributed by atoms with Gasteiger partial charge in [0.25, 0.3) is 0 Å². The second-order valence-corrected chi connectivity index (χ2v) is 9.94. The minimum absolute atomic E-state index is 0. The lowest BCUT2D eigenvalue weighted by molar-refractivity contribution is 0.103. The Morgan fingerprint density at radius 2 is 1.27 bits per heavy atom. The largest absolute Gasteiger partial charge is 0.354 e. The van der Waals surface area contributed by atoms with Crippen LogP contribution in [0.5, 0.6) is 0 Å². The average Bonchev–Trinajstić information content (AvgIpc) is 2.98. The van der Waals surface area contributed by atoms with Crippen molar-refractivity contribution in [2.45, 2.75) is 47.5 Å². The summed E-state index contributed by atoms with van der Waals surface area (Å²) in [6, 6.07) is 33.9. The molecule has 0 radical (unpaired) electrons. The van der Waals surface area contributed by atoms with E-state index in [1.54, 1.807) is 0 Å². The van der Waals surface area contributed by atoms with Gasteiger partial charge in [0.15, 0.2) is 11.2 Å². The molecule has 40 heavy (non-hydrogen) atoms. The van der Waals surface area contributed by atoms with Crippen LogP contribution in [0.15, 0.2) is 108 Å². The highest BCUT2D eigenvalue weighted by Crippen LogP contribution is 2.30. The van der Waals surface area contributed by atoms with Crippen LogP contribution in [-0.4, -0.2) is 10.8 Å². The standard InChI is InChI=1S/C21H13NO2.C13H14.C2H6.CH4/c23-20-14-6-2-1-5-12(14)9-13-10-17-19(11-16(13)20)22-18-8-4-3-7-15(18)21(17)24;1-10(2)12-9-5-7-11-6-3-4-8-13(11)12;1-2;/h1-8,10-11H,9H2,(H,22,24);3-10H,1-2H3;1-2H3;1H4. The molecule has 0 aliphatic heterocycles. The number of aromatic nitrogens is 1. The average molecular weight is 528 g/mol. The fourth-order valence-corrected chi connectivity index (χ4v) is 5.37. The van der Waals surface area contributed by atoms with Crippen LogP contribution >= 0.6 is 0 Å². The number of carbonyl (C=O) groups is 1. The van der Waals surface area contributed by atoms with Crippen molar-refractivity contribution in [2.24, 2.45) is 0 Å². The van der Waals surface area contributed by atoms with E-state index in [1.165, 1.54) is 16.3 Å². The molecule has 0 atom stereocenters. The van der Waals surface area contributed by atoms with Crippen LogP contribution in [-0.2, 0) is 6.42 Å². The predicted molar refractivity (Wildman–Crippen MR) is 171 cm³/mol. The normalized spacial score (nSPS) is 11.6. The summed E-state index contributed by atoms with van der Waals surface area (Å²) in [7, 11) is 0. The Bertz CT molecular complexity index is 1870. The molecule has 1 aliphatic rings. The van der Waals surface area contributed by atoms with Gasteiger partial charge < -0.3 is 4.98 Å². The zero-order chi connectivity index (χ0) is 27.5. The molecule has 1 aromatic heterocycles. The van der Waals surface area contributed by atoms with Crippen LogP contribution in [0.3, 0.4) is 0 Å². The Morgan fingerprint density at radius 1 is 0.625 bits per heavy atom. The minimum atomic E-state index is 0. The zero-order valence-corrected chi connectivity index (χ0v) is 22.9. The summed E-state index contributed by atoms with van der Waals surface area (Å²) in [4.78, 5) is 28.9. The van der Waals surface area contributed by atoms with E-state index >= 15 is 0 Å². The summed E-state index contributed by atoms with van der Waals surface area (Å²) in [5.74, 6) is 0.633. The third-order valence-corrected chi connectivity index (χ3v) is 7.26. The minimum Gasteiger partial charge on any atom is -0.354 e. The number of para-hydroxylation sites is 1. The number of pyridine rings is 1. The Morgan fingerprint density at radius 3 is 2.05 bits per heavy atom. The Hall–Kier alpha value is -4.50. The summed E-state index contributed by atoms with van der Waals surface area (Å²) < 4.78 is 0. The molecule has 7 rings (SSSR count). The maximum absolute atomic E-state index is 12.8. The van der Waals surface area contributed by atoms with Crippen molar-refractivity contribution in [1.29, 1.82) is 0 Å². The summed E-state index contributed by atoms with van der Waals surface area (Å²) in [5.41, 5.74) is 6.34. The third-order valence-electron chi connectivity index (χ3n) is 7.26. The fourth-order valence-electron chi connectivity index (χ4n) is 5.37. The number of aromatic amines is 1. The van der Waals surface area contributed by atoms with E-state index in [0.717, 1.165) is 22.2 Å². The Kier molecular flexibility index (Phi) is 8.64. The number of nitrogens with one attached hydrogen (secondary N) is 1. The molecule has 1 N–H and O–H groups in total. The van der Waals surface area contributed by atoms with Gasteiger partial charge in [0, 0.05) is 27.4 Å². The molecule has 0 bridgehead atoms. The number of H-pyrrole nitrogens is 1. The number of hydrogen-bond donors (Lipinski definition) is 1. The monoisotopic (exact) mass is 527 g/mol. The molecule has 1 aliphatic carbocycles. The van der Waals surface area contributed by atoms with E-state index in [2.05, 4.69) is 61.3 Å². The first kappa shape index (κ1) is 28.5. The molecule has 0 spiro atoms. The van der Waals surface area contributed by atoms with Crippen molar-refractivity contribution >= 4 is 38.4 Å². The van der Waals surface area contributed by atoms with Crippen LogP contribution in [0.25, 0.3) is 32.6 Å². The Labute approximate surface area is 236 Å². The lowest BCUT2D eigenvalue weighted by Gasteiger charge is -2.19. The topological polar surface area (TPSA) is 49.9 Å². The van der Waals surface area contributed by atoms with Gasteiger partial charge in [-0.1, -0.05) is 114 Å². The zero-order valence-electron chi connectivity index (χ0n) is 22.9. The maximum Gasteiger partial charge on any atom is 0.197 e. The van der Waals surface area contributed by atoms with Crippen molar-refractivity contribution < 1.29 is 4.79 Å². The lowest BCUT2D eigenvalue weighted by Crippen LogP contribution is -2.16. The van der Waals surface area contributed by atoms with E-state index in [9.17, 15) is 9.59 Å². The summed E-state index contributed by atoms with van der Waals surface area (Å²) in [6.07, 6.45) is 0.680. The first-order valence-electron chi connectivity index (χ1n) is 13.7. The number of ketones is 1. The molecule has 0 fully saturated rings. The van der Waals surface area contributed by atoms with Crippen LogP contribution in [0, 0.1) is 0 Å². The smallest absolute Gasteiger partial charge is 0.197 e. The van der Waals surface area contributed by atoms with Crippen LogP contribution in [0.4, 0.5) is 0 Å². The van der Waals surface area contributed by atoms with Gasteiger partial charge in [-0.15, -0.1) is 0 Å². The molecule has 1 heterocycles. The lowest BCUT2D eigenvalue weighted by atomic mass is 9.84. The third kappa shape index (κ3) is 5.20. The molecule has 202 valence electrons. The van der Waals surface area contributed by atoms with E-state index < -0.39 is 0 Å². The summed E-state index contributed by atoms with van der Waals surface area (Å²) in [5, 5.41) is 4.04. The second kappa shape index (κ2) is 12.1. The van der Waals surface area contributed by atoms with Gasteiger partial charge in [0.1, 0.15) is 0 Å². The van der Waals surface area contributed by atoms with Crippen LogP contribution in [0.2, 0.25) is 0 Å². The molecule has 5 aromatic carbocycles. The maximum atomic E-state index is 12.8. The molecule has 3 heteroatoms. The molecule has 0 amide bonds. The van der Waals surface area contributed by atoms with Crippen LogP contribution in [0.1, 0.15) is 73.7 Å². The van der Waals surface area contributed by atoms with Crippen molar-refractivity contribution in [1.82, 2.24) is 4.98 Å². The first-order valence-corrected chi connectivity index (χ1v) is 13.7. The van der Waals surface area contributed by atoms with Gasteiger partial charge in [-0.25, -0.2) is 0 Å². The Balaban J connectivity index is 0.000000197. The number of fused-ring (bicyclic) bond motifs is 5. The molecule has 0 saturated heterocycles. The molecular weight excluding hydrogens is 490 g/mol. The van der Waals surface area contributed by atoms with Crippen molar-refractivity contribution in [2.75, 3.05) is 0 Å². The summed E-state index contributed by atoms with van der Waals surface area (Å²) in [6.45, 7) is 8.48. The second-order valence-electron chi connectivity index (χ2n) is 9.94. The highest BCUT2D eigenvalue weighted by molar-refractivity contribution is 6.14. The van der Waals surface area contributed by atoms with E-state index in [4.69, 9.17) is 0 Å². The number of carbonyl (C=O) groups excluding carboxylic acids is 1. The number of hydrogen-bond acceptors (Lipinski definition) is 2. The highest BCUT2D eigenvalue weighted by atomic mass is 16.1. The van der Waals surface area contributed by atoms with Crippen molar-refractivity contribution in [3.63, 3.8) is 0 Å². The molecule has 6 aromatic rings. The molecule has 3 nitrogen and oxygen atoms in total. The van der Waals surface area contributed by atoms with Gasteiger partial charge >= 0.3 is 0 Å².